The van der Waals surface area contributed by atoms with E-state index in [1.54, 1.807) is 13.0 Å². The Hall–Kier alpha value is -1.39. The smallest absolute Gasteiger partial charge is 0.201 e. The first-order valence-corrected chi connectivity index (χ1v) is 11.2. The Balaban J connectivity index is 1.82. The van der Waals surface area contributed by atoms with Gasteiger partial charge in [-0.1, -0.05) is 24.3 Å². The molecule has 0 N–H and O–H groups in total. The Labute approximate surface area is 147 Å². The minimum atomic E-state index is -0.928. The van der Waals surface area contributed by atoms with Crippen molar-refractivity contribution in [2.45, 2.75) is 37.8 Å². The van der Waals surface area contributed by atoms with E-state index in [0.717, 1.165) is 24.9 Å². The van der Waals surface area contributed by atoms with Crippen LogP contribution in [0.3, 0.4) is 0 Å². The highest BCUT2D eigenvalue weighted by Crippen LogP contribution is 2.36. The second-order valence-electron chi connectivity index (χ2n) is 6.09. The highest BCUT2D eigenvalue weighted by atomic mass is 35.6. The number of ether oxygens (including phenoxy) is 1. The summed E-state index contributed by atoms with van der Waals surface area (Å²) < 4.78 is 33.4. The fourth-order valence-electron chi connectivity index (χ4n) is 3.22. The minimum Gasteiger partial charge on any atom is -0.491 e. The maximum Gasteiger partial charge on any atom is 0.201 e. The standard InChI is InChI=1S/C19H20ClF2OSi/c1-2-23-17-8-7-16(18(21)19(17)22)15-5-3-13(4-6-15)14-9-11-24(20)12-10-14/h3-8,14H,2,9-12H2,1H3. The van der Waals surface area contributed by atoms with Crippen molar-refractivity contribution in [1.29, 1.82) is 0 Å². The Morgan fingerprint density at radius 3 is 2.33 bits per heavy atom. The van der Waals surface area contributed by atoms with E-state index in [1.165, 1.54) is 11.6 Å². The molecule has 24 heavy (non-hydrogen) atoms. The van der Waals surface area contributed by atoms with Crippen LogP contribution >= 0.6 is 11.1 Å². The lowest BCUT2D eigenvalue weighted by atomic mass is 9.92. The molecule has 1 heterocycles. The van der Waals surface area contributed by atoms with E-state index in [0.29, 0.717) is 18.1 Å². The van der Waals surface area contributed by atoms with E-state index in [2.05, 4.69) is 0 Å². The highest BCUT2D eigenvalue weighted by Gasteiger charge is 2.22. The van der Waals surface area contributed by atoms with Gasteiger partial charge in [0.1, 0.15) is 0 Å². The molecule has 1 aliphatic rings. The summed E-state index contributed by atoms with van der Waals surface area (Å²) in [5, 5.41) is 0. The summed E-state index contributed by atoms with van der Waals surface area (Å²) in [6.45, 7) is 2.04. The summed E-state index contributed by atoms with van der Waals surface area (Å²) in [7, 11) is -0.633. The molecule has 0 amide bonds. The van der Waals surface area contributed by atoms with E-state index in [-0.39, 0.29) is 11.3 Å². The topological polar surface area (TPSA) is 9.23 Å². The fourth-order valence-corrected chi connectivity index (χ4v) is 5.45. The van der Waals surface area contributed by atoms with E-state index in [4.69, 9.17) is 15.8 Å². The summed E-state index contributed by atoms with van der Waals surface area (Å²) in [6, 6.07) is 13.1. The average Bonchev–Trinajstić information content (AvgIpc) is 2.60. The molecule has 0 aliphatic carbocycles. The summed E-state index contributed by atoms with van der Waals surface area (Å²) in [4.78, 5) is 0. The molecule has 2 aromatic carbocycles. The van der Waals surface area contributed by atoms with Crippen molar-refractivity contribution in [3.63, 3.8) is 0 Å². The molecule has 3 rings (SSSR count). The molecule has 1 radical (unpaired) electrons. The third-order valence-electron chi connectivity index (χ3n) is 4.57. The van der Waals surface area contributed by atoms with Gasteiger partial charge in [-0.15, -0.1) is 0 Å². The van der Waals surface area contributed by atoms with Gasteiger partial charge in [0.15, 0.2) is 19.7 Å². The maximum absolute atomic E-state index is 14.3. The fraction of sp³-hybridized carbons (Fsp3) is 0.368. The molecule has 2 aromatic rings. The molecule has 1 fully saturated rings. The normalized spacial score (nSPS) is 16.3. The predicted molar refractivity (Wildman–Crippen MR) is 96.2 cm³/mol. The summed E-state index contributed by atoms with van der Waals surface area (Å²) in [5.74, 6) is -1.30. The monoisotopic (exact) mass is 365 g/mol. The van der Waals surface area contributed by atoms with Crippen LogP contribution < -0.4 is 4.74 Å². The molecule has 0 aromatic heterocycles. The SMILES string of the molecule is CCOc1ccc(-c2ccc(C3CC[Si](Cl)CC3)cc2)c(F)c1F. The lowest BCUT2D eigenvalue weighted by Gasteiger charge is -2.24. The molecule has 0 spiro atoms. The van der Waals surface area contributed by atoms with Crippen LogP contribution in [-0.2, 0) is 0 Å². The summed E-state index contributed by atoms with van der Waals surface area (Å²) >= 11 is 6.26. The van der Waals surface area contributed by atoms with Gasteiger partial charge in [0.05, 0.1) is 6.61 Å². The molecule has 5 heteroatoms. The second-order valence-corrected chi connectivity index (χ2v) is 9.72. The first-order chi connectivity index (χ1) is 11.6. The zero-order chi connectivity index (χ0) is 17.1. The first kappa shape index (κ1) is 17.4. The van der Waals surface area contributed by atoms with Gasteiger partial charge < -0.3 is 4.74 Å². The number of rotatable bonds is 4. The third-order valence-corrected chi connectivity index (χ3v) is 7.36. The van der Waals surface area contributed by atoms with Crippen molar-refractivity contribution < 1.29 is 13.5 Å². The van der Waals surface area contributed by atoms with Crippen LogP contribution in [0.15, 0.2) is 36.4 Å². The van der Waals surface area contributed by atoms with Crippen molar-refractivity contribution in [2.75, 3.05) is 6.61 Å². The Morgan fingerprint density at radius 2 is 1.71 bits per heavy atom. The molecule has 0 atom stereocenters. The Morgan fingerprint density at radius 1 is 1.04 bits per heavy atom. The molecule has 1 nitrogen and oxygen atoms in total. The van der Waals surface area contributed by atoms with Crippen LogP contribution in [-0.4, -0.2) is 14.7 Å². The van der Waals surface area contributed by atoms with Crippen LogP contribution in [0.2, 0.25) is 12.1 Å². The molecule has 0 bridgehead atoms. The highest BCUT2D eigenvalue weighted by molar-refractivity contribution is 7.07. The number of halogens is 3. The van der Waals surface area contributed by atoms with Crippen LogP contribution in [0, 0.1) is 11.6 Å². The molecule has 0 unspecified atom stereocenters. The number of hydrogen-bond acceptors (Lipinski definition) is 1. The van der Waals surface area contributed by atoms with Crippen LogP contribution in [0.5, 0.6) is 5.75 Å². The van der Waals surface area contributed by atoms with E-state index < -0.39 is 19.7 Å². The number of benzene rings is 2. The zero-order valence-corrected chi connectivity index (χ0v) is 15.4. The van der Waals surface area contributed by atoms with E-state index in [9.17, 15) is 8.78 Å². The van der Waals surface area contributed by atoms with Gasteiger partial charge in [0.2, 0.25) is 5.82 Å². The molecular formula is C19H20ClF2OSi. The van der Waals surface area contributed by atoms with Crippen LogP contribution in [0.25, 0.3) is 11.1 Å². The van der Waals surface area contributed by atoms with Crippen molar-refractivity contribution in [1.82, 2.24) is 0 Å². The molecule has 127 valence electrons. The van der Waals surface area contributed by atoms with Gasteiger partial charge in [0, 0.05) is 5.56 Å². The largest absolute Gasteiger partial charge is 0.491 e. The molecule has 1 aliphatic heterocycles. The number of hydrogen-bond donors (Lipinski definition) is 0. The van der Waals surface area contributed by atoms with Gasteiger partial charge >= 0.3 is 0 Å². The molecule has 1 saturated heterocycles. The van der Waals surface area contributed by atoms with Gasteiger partial charge in [0.25, 0.3) is 0 Å². The zero-order valence-electron chi connectivity index (χ0n) is 13.6. The average molecular weight is 366 g/mol. The van der Waals surface area contributed by atoms with Gasteiger partial charge in [-0.2, -0.15) is 15.5 Å². The maximum atomic E-state index is 14.3. The summed E-state index contributed by atoms with van der Waals surface area (Å²) in [6.07, 6.45) is 2.26. The quantitative estimate of drug-likeness (QED) is 0.467. The van der Waals surface area contributed by atoms with Crippen molar-refractivity contribution in [2.24, 2.45) is 0 Å². The van der Waals surface area contributed by atoms with Crippen LogP contribution in [0.4, 0.5) is 8.78 Å². The first-order valence-electron chi connectivity index (χ1n) is 8.31. The lowest BCUT2D eigenvalue weighted by Crippen LogP contribution is -2.14. The Kier molecular flexibility index (Phi) is 5.56. The Bertz CT molecular complexity index is 697. The van der Waals surface area contributed by atoms with Crippen molar-refractivity contribution in [3.05, 3.63) is 53.6 Å². The molecular weight excluding hydrogens is 346 g/mol. The third kappa shape index (κ3) is 3.65. The van der Waals surface area contributed by atoms with Gasteiger partial charge in [-0.3, -0.25) is 0 Å². The van der Waals surface area contributed by atoms with E-state index >= 15 is 0 Å². The van der Waals surface area contributed by atoms with Gasteiger partial charge in [-0.25, -0.2) is 4.39 Å². The summed E-state index contributed by atoms with van der Waals surface area (Å²) in [5.41, 5.74) is 2.20. The van der Waals surface area contributed by atoms with Crippen molar-refractivity contribution in [3.8, 4) is 16.9 Å². The molecule has 0 saturated carbocycles. The lowest BCUT2D eigenvalue weighted by molar-refractivity contribution is 0.314. The van der Waals surface area contributed by atoms with E-state index in [1.807, 2.05) is 24.3 Å². The van der Waals surface area contributed by atoms with Crippen LogP contribution in [0.1, 0.15) is 31.2 Å². The second kappa shape index (κ2) is 7.66. The minimum absolute atomic E-state index is 0.0451. The predicted octanol–water partition coefficient (Wildman–Crippen LogP) is 6.14. The van der Waals surface area contributed by atoms with Gasteiger partial charge in [-0.05, 0) is 61.0 Å². The van der Waals surface area contributed by atoms with Crippen molar-refractivity contribution >= 4 is 19.2 Å².